The van der Waals surface area contributed by atoms with Crippen molar-refractivity contribution in [3.63, 3.8) is 0 Å². The summed E-state index contributed by atoms with van der Waals surface area (Å²) in [6.07, 6.45) is 2.23. The fourth-order valence-electron chi connectivity index (χ4n) is 2.95. The minimum absolute atomic E-state index is 0.135. The van der Waals surface area contributed by atoms with Gasteiger partial charge >= 0.3 is 5.97 Å². The lowest BCUT2D eigenvalue weighted by atomic mass is 9.58. The highest BCUT2D eigenvalue weighted by molar-refractivity contribution is 5.85. The van der Waals surface area contributed by atoms with Crippen molar-refractivity contribution in [1.82, 2.24) is 0 Å². The molecule has 4 heteroatoms. The second kappa shape index (κ2) is 3.04. The maximum atomic E-state index is 11.8. The Bertz CT molecular complexity index is 314. The van der Waals surface area contributed by atoms with Crippen molar-refractivity contribution in [3.05, 3.63) is 0 Å². The molecule has 2 bridgehead atoms. The van der Waals surface area contributed by atoms with Crippen LogP contribution in [-0.4, -0.2) is 31.6 Å². The van der Waals surface area contributed by atoms with E-state index in [0.717, 1.165) is 19.1 Å². The number of carbonyl (C=O) groups is 2. The molecule has 0 spiro atoms. The average molecular weight is 212 g/mol. The van der Waals surface area contributed by atoms with Crippen LogP contribution in [0.25, 0.3) is 0 Å². The Kier molecular flexibility index (Phi) is 2.15. The molecule has 15 heavy (non-hydrogen) atoms. The van der Waals surface area contributed by atoms with Crippen LogP contribution in [0.15, 0.2) is 0 Å². The molecule has 0 amide bonds. The van der Waals surface area contributed by atoms with Gasteiger partial charge in [0.15, 0.2) is 0 Å². The van der Waals surface area contributed by atoms with Crippen LogP contribution in [0.5, 0.6) is 0 Å². The molecule has 2 rings (SSSR count). The Balaban J connectivity index is 2.45. The van der Waals surface area contributed by atoms with E-state index in [1.807, 2.05) is 0 Å². The highest BCUT2D eigenvalue weighted by Gasteiger charge is 2.68. The number of hydrogen-bond donors (Lipinski definition) is 0. The van der Waals surface area contributed by atoms with E-state index in [0.29, 0.717) is 0 Å². The Labute approximate surface area is 88.9 Å². The highest BCUT2D eigenvalue weighted by atomic mass is 16.5. The minimum Gasteiger partial charge on any atom is -0.468 e. The first-order chi connectivity index (χ1) is 7.00. The molecule has 0 N–H and O–H groups in total. The number of ether oxygens (including phenoxy) is 2. The van der Waals surface area contributed by atoms with Gasteiger partial charge in [0.2, 0.25) is 0 Å². The molecule has 2 aliphatic rings. The molecular weight excluding hydrogens is 196 g/mol. The van der Waals surface area contributed by atoms with E-state index >= 15 is 0 Å². The van der Waals surface area contributed by atoms with Gasteiger partial charge in [0.05, 0.1) is 24.7 Å². The second-order valence-electron chi connectivity index (χ2n) is 4.79. The van der Waals surface area contributed by atoms with E-state index in [1.165, 1.54) is 7.11 Å². The molecule has 2 saturated heterocycles. The van der Waals surface area contributed by atoms with Gasteiger partial charge in [-0.25, -0.2) is 0 Å². The molecule has 0 aromatic carbocycles. The third-order valence-electron chi connectivity index (χ3n) is 4.31. The van der Waals surface area contributed by atoms with Crippen molar-refractivity contribution in [1.29, 1.82) is 0 Å². The normalized spacial score (nSPS) is 47.9. The monoisotopic (exact) mass is 212 g/mol. The second-order valence-corrected chi connectivity index (χ2v) is 4.79. The van der Waals surface area contributed by atoms with E-state index < -0.39 is 10.8 Å². The van der Waals surface area contributed by atoms with Crippen molar-refractivity contribution >= 4 is 12.3 Å². The molecule has 4 unspecified atom stereocenters. The van der Waals surface area contributed by atoms with Gasteiger partial charge in [-0.3, -0.25) is 4.79 Å². The van der Waals surface area contributed by atoms with Crippen LogP contribution in [0.3, 0.4) is 0 Å². The topological polar surface area (TPSA) is 52.6 Å². The maximum absolute atomic E-state index is 11.8. The van der Waals surface area contributed by atoms with Gasteiger partial charge < -0.3 is 14.3 Å². The maximum Gasteiger partial charge on any atom is 0.315 e. The summed E-state index contributed by atoms with van der Waals surface area (Å²) in [4.78, 5) is 23.1. The quantitative estimate of drug-likeness (QED) is 0.505. The number of rotatable bonds is 2. The predicted molar refractivity (Wildman–Crippen MR) is 52.2 cm³/mol. The summed E-state index contributed by atoms with van der Waals surface area (Å²) in [5.74, 6) is -0.343. The molecule has 2 heterocycles. The Morgan fingerprint density at radius 1 is 1.40 bits per heavy atom. The van der Waals surface area contributed by atoms with Gasteiger partial charge in [-0.1, -0.05) is 0 Å². The Hall–Kier alpha value is -0.900. The first-order valence-corrected chi connectivity index (χ1v) is 5.21. The molecule has 0 aliphatic carbocycles. The average Bonchev–Trinajstić information content (AvgIpc) is 2.81. The number of hydrogen-bond acceptors (Lipinski definition) is 4. The van der Waals surface area contributed by atoms with Gasteiger partial charge in [-0.05, 0) is 26.7 Å². The SMILES string of the molecule is COC(=O)C1(C)C2CCC(O2)C1(C)C=O. The van der Waals surface area contributed by atoms with E-state index in [9.17, 15) is 9.59 Å². The van der Waals surface area contributed by atoms with Crippen molar-refractivity contribution < 1.29 is 19.1 Å². The Morgan fingerprint density at radius 3 is 2.53 bits per heavy atom. The number of aldehydes is 1. The van der Waals surface area contributed by atoms with Gasteiger partial charge in [0.1, 0.15) is 11.7 Å². The fraction of sp³-hybridized carbons (Fsp3) is 0.818. The van der Waals surface area contributed by atoms with E-state index in [1.54, 1.807) is 13.8 Å². The van der Waals surface area contributed by atoms with Crippen LogP contribution in [-0.2, 0) is 19.1 Å². The molecule has 2 aliphatic heterocycles. The van der Waals surface area contributed by atoms with Crippen molar-refractivity contribution in [2.75, 3.05) is 7.11 Å². The van der Waals surface area contributed by atoms with Crippen molar-refractivity contribution in [2.45, 2.75) is 38.9 Å². The lowest BCUT2D eigenvalue weighted by Gasteiger charge is -2.40. The van der Waals surface area contributed by atoms with Crippen LogP contribution < -0.4 is 0 Å². The van der Waals surface area contributed by atoms with E-state index in [4.69, 9.17) is 9.47 Å². The van der Waals surface area contributed by atoms with E-state index in [-0.39, 0.29) is 18.2 Å². The lowest BCUT2D eigenvalue weighted by Crippen LogP contribution is -2.53. The molecule has 4 nitrogen and oxygen atoms in total. The van der Waals surface area contributed by atoms with Gasteiger partial charge in [0, 0.05) is 0 Å². The summed E-state index contributed by atoms with van der Waals surface area (Å²) in [5, 5.41) is 0. The summed E-state index contributed by atoms with van der Waals surface area (Å²) in [5.41, 5.74) is -1.57. The smallest absolute Gasteiger partial charge is 0.315 e. The summed E-state index contributed by atoms with van der Waals surface area (Å²) in [6.45, 7) is 3.57. The molecule has 4 atom stereocenters. The summed E-state index contributed by atoms with van der Waals surface area (Å²) in [6, 6.07) is 0. The fourth-order valence-corrected chi connectivity index (χ4v) is 2.95. The first-order valence-electron chi connectivity index (χ1n) is 5.21. The van der Waals surface area contributed by atoms with Crippen LogP contribution in [0.4, 0.5) is 0 Å². The zero-order valence-electron chi connectivity index (χ0n) is 9.28. The standard InChI is InChI=1S/C11H16O4/c1-10(6-12)7-4-5-8(15-7)11(10,2)9(13)14-3/h6-8H,4-5H2,1-3H3. The lowest BCUT2D eigenvalue weighted by molar-refractivity contribution is -0.163. The summed E-state index contributed by atoms with van der Waals surface area (Å²) in [7, 11) is 1.35. The first kappa shape index (κ1) is 10.6. The van der Waals surface area contributed by atoms with Gasteiger partial charge in [-0.2, -0.15) is 0 Å². The zero-order chi connectivity index (χ0) is 11.3. The van der Waals surface area contributed by atoms with Crippen LogP contribution in [0.1, 0.15) is 26.7 Å². The molecule has 84 valence electrons. The minimum atomic E-state index is -0.827. The number of carbonyl (C=O) groups excluding carboxylic acids is 2. The van der Waals surface area contributed by atoms with Crippen LogP contribution in [0.2, 0.25) is 0 Å². The van der Waals surface area contributed by atoms with Crippen molar-refractivity contribution in [3.8, 4) is 0 Å². The van der Waals surface area contributed by atoms with Crippen LogP contribution in [0, 0.1) is 10.8 Å². The molecule has 2 fully saturated rings. The van der Waals surface area contributed by atoms with E-state index in [2.05, 4.69) is 0 Å². The van der Waals surface area contributed by atoms with Crippen molar-refractivity contribution in [2.24, 2.45) is 10.8 Å². The third-order valence-corrected chi connectivity index (χ3v) is 4.31. The predicted octanol–water partition coefficient (Wildman–Crippen LogP) is 0.932. The number of fused-ring (bicyclic) bond motifs is 2. The largest absolute Gasteiger partial charge is 0.468 e. The van der Waals surface area contributed by atoms with Crippen LogP contribution >= 0.6 is 0 Å². The molecule has 0 radical (unpaired) electrons. The molecular formula is C11H16O4. The van der Waals surface area contributed by atoms with Gasteiger partial charge in [0.25, 0.3) is 0 Å². The Morgan fingerprint density at radius 2 is 2.00 bits per heavy atom. The van der Waals surface area contributed by atoms with Gasteiger partial charge in [-0.15, -0.1) is 0 Å². The summed E-state index contributed by atoms with van der Waals surface area (Å²) < 4.78 is 10.5. The number of methoxy groups -OCH3 is 1. The summed E-state index contributed by atoms with van der Waals surface area (Å²) >= 11 is 0. The third kappa shape index (κ3) is 1.00. The number of esters is 1. The molecule has 0 saturated carbocycles. The molecule has 0 aromatic rings. The highest BCUT2D eigenvalue weighted by Crippen LogP contribution is 2.58. The zero-order valence-corrected chi connectivity index (χ0v) is 9.28. The molecule has 0 aromatic heterocycles.